The number of aliphatic hydroxyl groups excluding tert-OH is 1. The Balaban J connectivity index is 1.92. The zero-order chi connectivity index (χ0) is 21.2. The van der Waals surface area contributed by atoms with Crippen LogP contribution >= 0.6 is 11.6 Å². The van der Waals surface area contributed by atoms with Crippen LogP contribution in [0.1, 0.15) is 27.9 Å². The minimum Gasteiger partial charge on any atom is -0.389 e. The highest BCUT2D eigenvalue weighted by Crippen LogP contribution is 2.35. The summed E-state index contributed by atoms with van der Waals surface area (Å²) in [5.41, 5.74) is 0.402. The van der Waals surface area contributed by atoms with Crippen molar-refractivity contribution in [2.75, 3.05) is 19.6 Å². The summed E-state index contributed by atoms with van der Waals surface area (Å²) in [6, 6.07) is 13.8. The molecule has 4 nitrogen and oxygen atoms in total. The van der Waals surface area contributed by atoms with Gasteiger partial charge in [-0.2, -0.15) is 13.2 Å². The van der Waals surface area contributed by atoms with Crippen LogP contribution in [0.15, 0.2) is 48.5 Å². The van der Waals surface area contributed by atoms with E-state index in [1.54, 1.807) is 55.5 Å². The van der Waals surface area contributed by atoms with Crippen LogP contribution in [0, 0.1) is 6.92 Å². The van der Waals surface area contributed by atoms with E-state index in [1.807, 2.05) is 0 Å². The van der Waals surface area contributed by atoms with Gasteiger partial charge in [0.05, 0.1) is 18.2 Å². The molecule has 1 amide bonds. The number of carbonyl (C=O) groups excluding carboxylic acids is 1. The number of alkyl halides is 3. The molecule has 2 aromatic rings. The summed E-state index contributed by atoms with van der Waals surface area (Å²) >= 11 is 6.12. The van der Waals surface area contributed by atoms with E-state index < -0.39 is 30.3 Å². The van der Waals surface area contributed by atoms with Crippen molar-refractivity contribution in [2.24, 2.45) is 0 Å². The lowest BCUT2D eigenvalue weighted by atomic mass is 9.78. The Labute approximate surface area is 172 Å². The van der Waals surface area contributed by atoms with E-state index in [9.17, 15) is 23.1 Å². The van der Waals surface area contributed by atoms with Gasteiger partial charge in [-0.05, 0) is 36.6 Å². The number of benzene rings is 2. The molecule has 2 atom stereocenters. The predicted molar refractivity (Wildman–Crippen MR) is 105 cm³/mol. The second-order valence-electron chi connectivity index (χ2n) is 7.32. The normalized spacial score (nSPS) is 23.0. The van der Waals surface area contributed by atoms with Gasteiger partial charge in [0, 0.05) is 23.7 Å². The van der Waals surface area contributed by atoms with Gasteiger partial charge in [0.1, 0.15) is 0 Å². The molecule has 1 aliphatic heterocycles. The minimum atomic E-state index is -4.35. The number of nitrogens with one attached hydrogen (secondary N) is 1. The van der Waals surface area contributed by atoms with E-state index in [-0.39, 0.29) is 19.5 Å². The van der Waals surface area contributed by atoms with Gasteiger partial charge in [0.2, 0.25) is 0 Å². The summed E-state index contributed by atoms with van der Waals surface area (Å²) < 4.78 is 38.4. The zero-order valence-electron chi connectivity index (χ0n) is 15.8. The number of aliphatic hydroxyl groups is 1. The van der Waals surface area contributed by atoms with Gasteiger partial charge in [-0.1, -0.05) is 48.0 Å². The van der Waals surface area contributed by atoms with E-state index >= 15 is 0 Å². The molecule has 1 heterocycles. The van der Waals surface area contributed by atoms with Gasteiger partial charge in [0.25, 0.3) is 5.91 Å². The number of amides is 1. The van der Waals surface area contributed by atoms with Crippen LogP contribution in [0.5, 0.6) is 0 Å². The lowest BCUT2D eigenvalue weighted by molar-refractivity contribution is -0.156. The van der Waals surface area contributed by atoms with Gasteiger partial charge >= 0.3 is 6.18 Å². The van der Waals surface area contributed by atoms with Crippen LogP contribution in [0.25, 0.3) is 0 Å². The molecule has 0 saturated carbocycles. The summed E-state index contributed by atoms with van der Waals surface area (Å²) in [6.07, 6.45) is -5.43. The Morgan fingerprint density at radius 3 is 2.55 bits per heavy atom. The number of piperidine rings is 1. The van der Waals surface area contributed by atoms with Crippen molar-refractivity contribution < 1.29 is 23.1 Å². The van der Waals surface area contributed by atoms with Gasteiger partial charge in [0.15, 0.2) is 0 Å². The molecule has 0 bridgehead atoms. The Morgan fingerprint density at radius 1 is 1.24 bits per heavy atom. The first-order valence-corrected chi connectivity index (χ1v) is 9.60. The van der Waals surface area contributed by atoms with Crippen LogP contribution in [-0.2, 0) is 5.54 Å². The Hall–Kier alpha value is -2.09. The van der Waals surface area contributed by atoms with Gasteiger partial charge in [-0.25, -0.2) is 0 Å². The fourth-order valence-corrected chi connectivity index (χ4v) is 3.98. The van der Waals surface area contributed by atoms with Gasteiger partial charge < -0.3 is 10.4 Å². The molecule has 2 N–H and O–H groups in total. The Kier molecular flexibility index (Phi) is 6.22. The largest absolute Gasteiger partial charge is 0.401 e. The van der Waals surface area contributed by atoms with E-state index in [1.165, 1.54) is 0 Å². The molecule has 3 rings (SSSR count). The molecular weight excluding hydrogens is 405 g/mol. The summed E-state index contributed by atoms with van der Waals surface area (Å²) in [5, 5.41) is 14.3. The molecule has 0 aliphatic carbocycles. The molecule has 0 aromatic heterocycles. The average Bonchev–Trinajstić information content (AvgIpc) is 2.65. The van der Waals surface area contributed by atoms with Crippen LogP contribution in [-0.4, -0.2) is 47.8 Å². The number of hydrogen-bond donors (Lipinski definition) is 2. The van der Waals surface area contributed by atoms with E-state index in [0.717, 1.165) is 4.90 Å². The highest BCUT2D eigenvalue weighted by molar-refractivity contribution is 6.31. The topological polar surface area (TPSA) is 52.6 Å². The maximum absolute atomic E-state index is 13.0. The SMILES string of the molecule is Cc1c(Cl)cccc1C(=O)N[C@]1(c2ccccc2)CCN(CC(F)(F)F)C[C@H]1O. The third-order valence-electron chi connectivity index (χ3n) is 5.36. The second kappa shape index (κ2) is 8.34. The predicted octanol–water partition coefficient (Wildman–Crippen LogP) is 3.90. The summed E-state index contributed by atoms with van der Waals surface area (Å²) in [5.74, 6) is -0.433. The molecule has 1 saturated heterocycles. The van der Waals surface area contributed by atoms with Gasteiger partial charge in [-0.3, -0.25) is 9.69 Å². The number of carbonyl (C=O) groups is 1. The second-order valence-corrected chi connectivity index (χ2v) is 7.73. The van der Waals surface area contributed by atoms with E-state index in [0.29, 0.717) is 21.7 Å². The Morgan fingerprint density at radius 2 is 1.93 bits per heavy atom. The molecule has 0 unspecified atom stereocenters. The lowest BCUT2D eigenvalue weighted by Gasteiger charge is -2.46. The van der Waals surface area contributed by atoms with Gasteiger partial charge in [-0.15, -0.1) is 0 Å². The lowest BCUT2D eigenvalue weighted by Crippen LogP contribution is -2.62. The number of nitrogens with zero attached hydrogens (tertiary/aromatic N) is 1. The highest BCUT2D eigenvalue weighted by Gasteiger charge is 2.46. The van der Waals surface area contributed by atoms with Crippen molar-refractivity contribution in [1.82, 2.24) is 10.2 Å². The molecule has 0 radical (unpaired) electrons. The first kappa shape index (κ1) is 21.6. The van der Waals surface area contributed by atoms with Crippen molar-refractivity contribution in [1.29, 1.82) is 0 Å². The van der Waals surface area contributed by atoms with Crippen molar-refractivity contribution >= 4 is 17.5 Å². The van der Waals surface area contributed by atoms with Crippen molar-refractivity contribution in [3.05, 3.63) is 70.2 Å². The number of β-amino-alcohol motifs (C(OH)–C–C–N with tert-alkyl or cyclic N) is 1. The third-order valence-corrected chi connectivity index (χ3v) is 5.77. The number of hydrogen-bond acceptors (Lipinski definition) is 3. The fraction of sp³-hybridized carbons (Fsp3) is 0.381. The minimum absolute atomic E-state index is 0.0836. The standard InChI is InChI=1S/C21H22ClF3N2O2/c1-14-16(8-5-9-17(14)22)19(29)26-20(15-6-3-2-4-7-15)10-11-27(12-18(20)28)13-21(23,24)25/h2-9,18,28H,10-13H2,1H3,(H,26,29)/t18-,20+/m1/s1. The monoisotopic (exact) mass is 426 g/mol. The van der Waals surface area contributed by atoms with E-state index in [4.69, 9.17) is 11.6 Å². The molecule has 1 fully saturated rings. The quantitative estimate of drug-likeness (QED) is 0.779. The number of likely N-dealkylation sites (tertiary alicyclic amines) is 1. The van der Waals surface area contributed by atoms with Crippen LogP contribution in [0.4, 0.5) is 13.2 Å². The summed E-state index contributed by atoms with van der Waals surface area (Å²) in [4.78, 5) is 14.2. The molecular formula is C21H22ClF3N2O2. The summed E-state index contributed by atoms with van der Waals surface area (Å²) in [6.45, 7) is 0.495. The van der Waals surface area contributed by atoms with Crippen LogP contribution in [0.3, 0.4) is 0 Å². The van der Waals surface area contributed by atoms with Crippen molar-refractivity contribution in [3.8, 4) is 0 Å². The fourth-order valence-electron chi connectivity index (χ4n) is 3.80. The average molecular weight is 427 g/mol. The zero-order valence-corrected chi connectivity index (χ0v) is 16.6. The Bertz CT molecular complexity index is 876. The molecule has 29 heavy (non-hydrogen) atoms. The van der Waals surface area contributed by atoms with E-state index in [2.05, 4.69) is 5.32 Å². The van der Waals surface area contributed by atoms with Crippen LogP contribution in [0.2, 0.25) is 5.02 Å². The molecule has 2 aromatic carbocycles. The van der Waals surface area contributed by atoms with Crippen molar-refractivity contribution in [3.63, 3.8) is 0 Å². The number of rotatable bonds is 4. The highest BCUT2D eigenvalue weighted by atomic mass is 35.5. The van der Waals surface area contributed by atoms with Crippen molar-refractivity contribution in [2.45, 2.75) is 31.2 Å². The molecule has 0 spiro atoms. The summed E-state index contributed by atoms with van der Waals surface area (Å²) in [7, 11) is 0. The first-order chi connectivity index (χ1) is 13.6. The molecule has 8 heteroatoms. The molecule has 1 aliphatic rings. The third kappa shape index (κ3) is 4.74. The molecule has 156 valence electrons. The maximum atomic E-state index is 13.0. The smallest absolute Gasteiger partial charge is 0.389 e. The first-order valence-electron chi connectivity index (χ1n) is 9.23. The maximum Gasteiger partial charge on any atom is 0.401 e. The van der Waals surface area contributed by atoms with Crippen LogP contribution < -0.4 is 5.32 Å². The number of halogens is 4.